The summed E-state index contributed by atoms with van der Waals surface area (Å²) in [4.78, 5) is 25.6. The molecule has 0 aromatic heterocycles. The fourth-order valence-corrected chi connectivity index (χ4v) is 2.59. The van der Waals surface area contributed by atoms with Gasteiger partial charge in [0, 0.05) is 24.8 Å². The summed E-state index contributed by atoms with van der Waals surface area (Å²) in [6, 6.07) is 4.67. The number of nitrogens with one attached hydrogen (secondary N) is 1. The van der Waals surface area contributed by atoms with Crippen LogP contribution in [0.15, 0.2) is 18.2 Å². The van der Waals surface area contributed by atoms with E-state index in [1.54, 1.807) is 17.0 Å². The number of rotatable bonds is 2. The minimum absolute atomic E-state index is 0.152. The average molecular weight is 326 g/mol. The molecule has 1 aromatic rings. The van der Waals surface area contributed by atoms with Gasteiger partial charge in [-0.15, -0.1) is 0 Å². The molecule has 6 nitrogen and oxygen atoms in total. The first-order chi connectivity index (χ1) is 10.5. The Morgan fingerprint density at radius 2 is 2.14 bits per heavy atom. The zero-order valence-electron chi connectivity index (χ0n) is 12.5. The Morgan fingerprint density at radius 1 is 1.36 bits per heavy atom. The topological polar surface area (TPSA) is 84.7 Å². The number of methoxy groups -OCH3 is 1. The van der Waals surface area contributed by atoms with E-state index in [-0.39, 0.29) is 22.7 Å². The van der Waals surface area contributed by atoms with Crippen LogP contribution in [-0.2, 0) is 4.74 Å². The number of halogens is 1. The van der Waals surface area contributed by atoms with Crippen LogP contribution in [0.1, 0.15) is 29.6 Å². The highest BCUT2D eigenvalue weighted by molar-refractivity contribution is 6.33. The maximum Gasteiger partial charge on any atom is 0.339 e. The van der Waals surface area contributed by atoms with E-state index in [1.165, 1.54) is 13.2 Å². The number of ether oxygens (including phenoxy) is 1. The van der Waals surface area contributed by atoms with Crippen molar-refractivity contribution in [2.45, 2.75) is 25.3 Å². The summed E-state index contributed by atoms with van der Waals surface area (Å²) >= 11 is 5.95. The maximum absolute atomic E-state index is 12.3. The van der Waals surface area contributed by atoms with Gasteiger partial charge in [-0.05, 0) is 37.5 Å². The van der Waals surface area contributed by atoms with Crippen molar-refractivity contribution >= 4 is 29.3 Å². The smallest absolute Gasteiger partial charge is 0.339 e. The lowest BCUT2D eigenvalue weighted by Crippen LogP contribution is -2.36. The van der Waals surface area contributed by atoms with Crippen molar-refractivity contribution in [3.8, 4) is 0 Å². The van der Waals surface area contributed by atoms with Gasteiger partial charge >= 0.3 is 12.0 Å². The van der Waals surface area contributed by atoms with Crippen LogP contribution in [0.2, 0.25) is 5.02 Å². The van der Waals surface area contributed by atoms with Crippen LogP contribution in [0.3, 0.4) is 0 Å². The largest absolute Gasteiger partial charge is 0.465 e. The molecule has 1 saturated heterocycles. The van der Waals surface area contributed by atoms with Gasteiger partial charge < -0.3 is 20.7 Å². The minimum Gasteiger partial charge on any atom is -0.465 e. The highest BCUT2D eigenvalue weighted by Crippen LogP contribution is 2.22. The number of hydrogen-bond donors (Lipinski definition) is 2. The number of hydrogen-bond acceptors (Lipinski definition) is 4. The van der Waals surface area contributed by atoms with E-state index in [1.807, 2.05) is 0 Å². The number of carbonyl (C=O) groups is 2. The van der Waals surface area contributed by atoms with Crippen molar-refractivity contribution in [1.29, 1.82) is 0 Å². The Morgan fingerprint density at radius 3 is 2.86 bits per heavy atom. The Labute approximate surface area is 134 Å². The lowest BCUT2D eigenvalue weighted by molar-refractivity contribution is 0.0601. The molecule has 0 aliphatic carbocycles. The zero-order chi connectivity index (χ0) is 16.1. The normalized spacial score (nSPS) is 18.5. The lowest BCUT2D eigenvalue weighted by atomic mass is 10.1. The van der Waals surface area contributed by atoms with Crippen molar-refractivity contribution in [2.24, 2.45) is 5.73 Å². The second-order valence-corrected chi connectivity index (χ2v) is 5.70. The molecule has 0 radical (unpaired) electrons. The molecule has 0 unspecified atom stereocenters. The Balaban J connectivity index is 2.06. The van der Waals surface area contributed by atoms with E-state index in [0.717, 1.165) is 19.3 Å². The number of carbonyl (C=O) groups excluding carboxylic acids is 2. The fraction of sp³-hybridized carbons (Fsp3) is 0.467. The van der Waals surface area contributed by atoms with E-state index in [4.69, 9.17) is 17.3 Å². The van der Waals surface area contributed by atoms with Crippen molar-refractivity contribution in [3.05, 3.63) is 28.8 Å². The molecule has 1 aliphatic heterocycles. The van der Waals surface area contributed by atoms with Gasteiger partial charge in [-0.25, -0.2) is 9.59 Å². The van der Waals surface area contributed by atoms with Gasteiger partial charge in [-0.2, -0.15) is 0 Å². The SMILES string of the molecule is COC(=O)c1cc(NC(=O)N2CCC[C@H](N)CC2)ccc1Cl. The van der Waals surface area contributed by atoms with Crippen molar-refractivity contribution < 1.29 is 14.3 Å². The first-order valence-corrected chi connectivity index (χ1v) is 7.58. The Bertz CT molecular complexity index is 565. The molecule has 0 bridgehead atoms. The number of amides is 2. The van der Waals surface area contributed by atoms with E-state index in [9.17, 15) is 9.59 Å². The summed E-state index contributed by atoms with van der Waals surface area (Å²) in [5.74, 6) is -0.540. The summed E-state index contributed by atoms with van der Waals surface area (Å²) < 4.78 is 4.66. The average Bonchev–Trinajstić information content (AvgIpc) is 2.73. The molecule has 0 saturated carbocycles. The molecule has 22 heavy (non-hydrogen) atoms. The highest BCUT2D eigenvalue weighted by atomic mass is 35.5. The molecular weight excluding hydrogens is 306 g/mol. The van der Waals surface area contributed by atoms with Crippen LogP contribution in [0, 0.1) is 0 Å². The van der Waals surface area contributed by atoms with Crippen LogP contribution < -0.4 is 11.1 Å². The first kappa shape index (κ1) is 16.6. The number of likely N-dealkylation sites (tertiary alicyclic amines) is 1. The van der Waals surface area contributed by atoms with Gasteiger partial charge in [0.1, 0.15) is 0 Å². The van der Waals surface area contributed by atoms with Crippen LogP contribution in [0.4, 0.5) is 10.5 Å². The standard InChI is InChI=1S/C15H20ClN3O3/c1-22-14(20)12-9-11(4-5-13(12)16)18-15(21)19-7-2-3-10(17)6-8-19/h4-5,9-10H,2-3,6-8,17H2,1H3,(H,18,21)/t10-/m0/s1. The molecule has 3 N–H and O–H groups in total. The molecule has 1 aliphatic rings. The molecular formula is C15H20ClN3O3. The van der Waals surface area contributed by atoms with Crippen molar-refractivity contribution in [2.75, 3.05) is 25.5 Å². The molecule has 0 spiro atoms. The second kappa shape index (κ2) is 7.47. The second-order valence-electron chi connectivity index (χ2n) is 5.29. The molecule has 2 rings (SSSR count). The summed E-state index contributed by atoms with van der Waals surface area (Å²) in [5.41, 5.74) is 6.64. The quantitative estimate of drug-likeness (QED) is 0.818. The summed E-state index contributed by atoms with van der Waals surface area (Å²) in [6.45, 7) is 1.31. The number of esters is 1. The van der Waals surface area contributed by atoms with Crippen LogP contribution >= 0.6 is 11.6 Å². The molecule has 1 fully saturated rings. The Hall–Kier alpha value is -1.79. The predicted octanol–water partition coefficient (Wildman–Crippen LogP) is 2.47. The Kier molecular flexibility index (Phi) is 5.63. The number of benzene rings is 1. The van der Waals surface area contributed by atoms with Gasteiger partial charge in [0.25, 0.3) is 0 Å². The molecule has 1 aromatic carbocycles. The lowest BCUT2D eigenvalue weighted by Gasteiger charge is -2.21. The fourth-order valence-electron chi connectivity index (χ4n) is 2.40. The van der Waals surface area contributed by atoms with Crippen LogP contribution in [-0.4, -0.2) is 43.1 Å². The van der Waals surface area contributed by atoms with Crippen LogP contribution in [0.25, 0.3) is 0 Å². The van der Waals surface area contributed by atoms with E-state index < -0.39 is 5.97 Å². The molecule has 1 atom stereocenters. The number of nitrogens with zero attached hydrogens (tertiary/aromatic N) is 1. The number of nitrogens with two attached hydrogens (primary N) is 1. The minimum atomic E-state index is -0.540. The molecule has 1 heterocycles. The van der Waals surface area contributed by atoms with Gasteiger partial charge in [-0.1, -0.05) is 11.6 Å². The first-order valence-electron chi connectivity index (χ1n) is 7.20. The van der Waals surface area contributed by atoms with E-state index in [2.05, 4.69) is 10.1 Å². The third kappa shape index (κ3) is 4.11. The van der Waals surface area contributed by atoms with Crippen molar-refractivity contribution in [3.63, 3.8) is 0 Å². The van der Waals surface area contributed by atoms with E-state index in [0.29, 0.717) is 18.8 Å². The molecule has 120 valence electrons. The van der Waals surface area contributed by atoms with Crippen molar-refractivity contribution in [1.82, 2.24) is 4.90 Å². The predicted molar refractivity (Wildman–Crippen MR) is 85.2 cm³/mol. The zero-order valence-corrected chi connectivity index (χ0v) is 13.2. The molecule has 7 heteroatoms. The third-order valence-corrected chi connectivity index (χ3v) is 4.01. The monoisotopic (exact) mass is 325 g/mol. The number of anilines is 1. The van der Waals surface area contributed by atoms with Gasteiger partial charge in [0.15, 0.2) is 0 Å². The maximum atomic E-state index is 12.3. The summed E-state index contributed by atoms with van der Waals surface area (Å²) in [7, 11) is 1.28. The van der Waals surface area contributed by atoms with Crippen LogP contribution in [0.5, 0.6) is 0 Å². The summed E-state index contributed by atoms with van der Waals surface area (Å²) in [6.07, 6.45) is 2.61. The van der Waals surface area contributed by atoms with Gasteiger partial charge in [-0.3, -0.25) is 0 Å². The van der Waals surface area contributed by atoms with E-state index >= 15 is 0 Å². The molecule has 2 amide bonds. The van der Waals surface area contributed by atoms with Gasteiger partial charge in [0.05, 0.1) is 17.7 Å². The third-order valence-electron chi connectivity index (χ3n) is 3.68. The summed E-state index contributed by atoms with van der Waals surface area (Å²) in [5, 5.41) is 3.06. The number of urea groups is 1. The van der Waals surface area contributed by atoms with Gasteiger partial charge in [0.2, 0.25) is 0 Å². The highest BCUT2D eigenvalue weighted by Gasteiger charge is 2.19.